The monoisotopic (exact) mass is 342 g/mol. The van der Waals surface area contributed by atoms with Crippen LogP contribution in [0, 0.1) is 6.92 Å². The molecule has 2 N–H and O–H groups in total. The highest BCUT2D eigenvalue weighted by molar-refractivity contribution is 9.10. The van der Waals surface area contributed by atoms with Gasteiger partial charge in [-0.2, -0.15) is 5.10 Å². The number of halogens is 1. The maximum Gasteiger partial charge on any atom is 0.180 e. The molecule has 0 saturated heterocycles. The second kappa shape index (κ2) is 5.83. The predicted octanol–water partition coefficient (Wildman–Crippen LogP) is 2.37. The molecule has 0 spiro atoms. The summed E-state index contributed by atoms with van der Waals surface area (Å²) in [5.74, 6) is 0.112. The van der Waals surface area contributed by atoms with Crippen LogP contribution in [-0.2, 0) is 24.2 Å². The molecule has 7 heteroatoms. The highest BCUT2D eigenvalue weighted by atomic mass is 79.9. The van der Waals surface area contributed by atoms with E-state index in [1.807, 2.05) is 23.9 Å². The van der Waals surface area contributed by atoms with E-state index in [9.17, 15) is 4.79 Å². The van der Waals surface area contributed by atoms with E-state index in [2.05, 4.69) is 26.0 Å². The van der Waals surface area contributed by atoms with Gasteiger partial charge in [-0.25, -0.2) is 4.98 Å². The Labute approximate surface area is 124 Å². The van der Waals surface area contributed by atoms with Crippen LogP contribution in [0.4, 0.5) is 5.13 Å². The fourth-order valence-electron chi connectivity index (χ4n) is 1.89. The van der Waals surface area contributed by atoms with Crippen LogP contribution in [0.25, 0.3) is 0 Å². The van der Waals surface area contributed by atoms with Crippen LogP contribution in [0.5, 0.6) is 0 Å². The lowest BCUT2D eigenvalue weighted by Gasteiger charge is -2.04. The molecule has 0 aliphatic heterocycles. The second-order valence-electron chi connectivity index (χ2n) is 4.23. The summed E-state index contributed by atoms with van der Waals surface area (Å²) < 4.78 is 2.77. The molecule has 2 heterocycles. The number of nitrogen functional groups attached to an aromatic ring is 1. The van der Waals surface area contributed by atoms with E-state index < -0.39 is 0 Å². The maximum atomic E-state index is 12.1. The number of aryl methyl sites for hydroxylation is 2. The van der Waals surface area contributed by atoms with Gasteiger partial charge in [0.15, 0.2) is 5.13 Å². The van der Waals surface area contributed by atoms with Crippen LogP contribution in [0.15, 0.2) is 9.85 Å². The number of hydrogen-bond acceptors (Lipinski definition) is 5. The third-order valence-corrected chi connectivity index (χ3v) is 4.52. The Hall–Kier alpha value is -1.21. The molecule has 0 bridgehead atoms. The third-order valence-electron chi connectivity index (χ3n) is 2.77. The van der Waals surface area contributed by atoms with E-state index in [1.54, 1.807) is 0 Å². The highest BCUT2D eigenvalue weighted by Crippen LogP contribution is 2.22. The lowest BCUT2D eigenvalue weighted by molar-refractivity contribution is -0.117. The zero-order valence-corrected chi connectivity index (χ0v) is 13.2. The first kappa shape index (κ1) is 14.2. The van der Waals surface area contributed by atoms with Crippen molar-refractivity contribution in [3.05, 3.63) is 26.9 Å². The Bertz CT molecular complexity index is 605. The van der Waals surface area contributed by atoms with Crippen molar-refractivity contribution in [2.24, 2.45) is 0 Å². The minimum absolute atomic E-state index is 0.112. The molecule has 0 fully saturated rings. The summed E-state index contributed by atoms with van der Waals surface area (Å²) in [7, 11) is 0. The third kappa shape index (κ3) is 3.22. The van der Waals surface area contributed by atoms with Gasteiger partial charge in [-0.15, -0.1) is 11.3 Å². The van der Waals surface area contributed by atoms with Gasteiger partial charge < -0.3 is 5.73 Å². The quantitative estimate of drug-likeness (QED) is 0.905. The Kier molecular flexibility index (Phi) is 4.36. The standard InChI is InChI=1S/C12H15BrN4OS/c1-3-17-10(11(13)7(2)16-17)5-9(18)4-8-6-19-12(14)15-8/h6H,3-5H2,1-2H3,(H2,14,15). The van der Waals surface area contributed by atoms with E-state index in [0.717, 1.165) is 28.1 Å². The van der Waals surface area contributed by atoms with Crippen LogP contribution >= 0.6 is 27.3 Å². The Morgan fingerprint density at radius 3 is 2.84 bits per heavy atom. The minimum atomic E-state index is 0.112. The number of carbonyl (C=O) groups is 1. The van der Waals surface area contributed by atoms with Crippen LogP contribution in [-0.4, -0.2) is 20.5 Å². The molecule has 19 heavy (non-hydrogen) atoms. The van der Waals surface area contributed by atoms with Gasteiger partial charge in [0.2, 0.25) is 0 Å². The van der Waals surface area contributed by atoms with Crippen molar-refractivity contribution in [2.75, 3.05) is 5.73 Å². The van der Waals surface area contributed by atoms with E-state index in [1.165, 1.54) is 11.3 Å². The van der Waals surface area contributed by atoms with Crippen molar-refractivity contribution in [2.45, 2.75) is 33.2 Å². The van der Waals surface area contributed by atoms with E-state index in [0.29, 0.717) is 18.0 Å². The summed E-state index contributed by atoms with van der Waals surface area (Å²) in [6.45, 7) is 4.68. The van der Waals surface area contributed by atoms with Crippen molar-refractivity contribution in [3.8, 4) is 0 Å². The first-order valence-corrected chi connectivity index (χ1v) is 7.61. The fraction of sp³-hybridized carbons (Fsp3) is 0.417. The van der Waals surface area contributed by atoms with Crippen molar-refractivity contribution >= 4 is 38.2 Å². The molecule has 2 aromatic rings. The average molecular weight is 343 g/mol. The second-order valence-corrected chi connectivity index (χ2v) is 5.91. The van der Waals surface area contributed by atoms with Gasteiger partial charge >= 0.3 is 0 Å². The number of anilines is 1. The molecule has 0 radical (unpaired) electrons. The fourth-order valence-corrected chi connectivity index (χ4v) is 2.88. The predicted molar refractivity (Wildman–Crippen MR) is 79.3 cm³/mol. The molecule has 2 rings (SSSR count). The number of rotatable bonds is 5. The SMILES string of the molecule is CCn1nc(C)c(Br)c1CC(=O)Cc1csc(N)n1. The summed E-state index contributed by atoms with van der Waals surface area (Å²) >= 11 is 4.85. The molecule has 0 saturated carbocycles. The molecule has 5 nitrogen and oxygen atoms in total. The molecule has 0 amide bonds. The van der Waals surface area contributed by atoms with Crippen molar-refractivity contribution in [1.29, 1.82) is 0 Å². The molecule has 0 aliphatic carbocycles. The van der Waals surface area contributed by atoms with Gasteiger partial charge in [0.25, 0.3) is 0 Å². The number of Topliss-reactive ketones (excluding diaryl/α,β-unsaturated/α-hetero) is 1. The normalized spacial score (nSPS) is 10.9. The molecule has 102 valence electrons. The van der Waals surface area contributed by atoms with Crippen LogP contribution in [0.2, 0.25) is 0 Å². The number of thiazole rings is 1. The summed E-state index contributed by atoms with van der Waals surface area (Å²) in [5, 5.41) is 6.70. The van der Waals surface area contributed by atoms with Gasteiger partial charge in [-0.05, 0) is 29.8 Å². The zero-order chi connectivity index (χ0) is 14.0. The number of nitrogens with zero attached hydrogens (tertiary/aromatic N) is 3. The summed E-state index contributed by atoms with van der Waals surface area (Å²) in [6, 6.07) is 0. The van der Waals surface area contributed by atoms with E-state index >= 15 is 0 Å². The van der Waals surface area contributed by atoms with E-state index in [4.69, 9.17) is 5.73 Å². The summed E-state index contributed by atoms with van der Waals surface area (Å²) in [5.41, 5.74) is 8.12. The first-order chi connectivity index (χ1) is 9.01. The molecule has 0 aromatic carbocycles. The molecular weight excluding hydrogens is 328 g/mol. The maximum absolute atomic E-state index is 12.1. The number of aromatic nitrogens is 3. The Morgan fingerprint density at radius 1 is 1.53 bits per heavy atom. The highest BCUT2D eigenvalue weighted by Gasteiger charge is 2.16. The number of ketones is 1. The van der Waals surface area contributed by atoms with Gasteiger partial charge in [0.1, 0.15) is 5.78 Å². The molecule has 2 aromatic heterocycles. The molecule has 0 unspecified atom stereocenters. The number of carbonyl (C=O) groups excluding carboxylic acids is 1. The lowest BCUT2D eigenvalue weighted by atomic mass is 10.1. The number of nitrogens with two attached hydrogens (primary N) is 1. The summed E-state index contributed by atoms with van der Waals surface area (Å²) in [4.78, 5) is 16.2. The molecular formula is C12H15BrN4OS. The van der Waals surface area contributed by atoms with Gasteiger partial charge in [-0.3, -0.25) is 9.48 Å². The van der Waals surface area contributed by atoms with E-state index in [-0.39, 0.29) is 5.78 Å². The molecule has 0 aliphatic rings. The van der Waals surface area contributed by atoms with Gasteiger partial charge in [0, 0.05) is 18.3 Å². The summed E-state index contributed by atoms with van der Waals surface area (Å²) in [6.07, 6.45) is 0.667. The van der Waals surface area contributed by atoms with Crippen LogP contribution in [0.1, 0.15) is 24.0 Å². The lowest BCUT2D eigenvalue weighted by Crippen LogP contribution is -2.12. The number of hydrogen-bond donors (Lipinski definition) is 1. The molecule has 0 atom stereocenters. The van der Waals surface area contributed by atoms with Crippen LogP contribution in [0.3, 0.4) is 0 Å². The topological polar surface area (TPSA) is 73.8 Å². The largest absolute Gasteiger partial charge is 0.375 e. The Balaban J connectivity index is 2.10. The van der Waals surface area contributed by atoms with Crippen molar-refractivity contribution < 1.29 is 4.79 Å². The van der Waals surface area contributed by atoms with Crippen molar-refractivity contribution in [1.82, 2.24) is 14.8 Å². The van der Waals surface area contributed by atoms with Gasteiger partial charge in [0.05, 0.1) is 28.0 Å². The smallest absolute Gasteiger partial charge is 0.180 e. The van der Waals surface area contributed by atoms with Crippen LogP contribution < -0.4 is 5.73 Å². The Morgan fingerprint density at radius 2 is 2.26 bits per heavy atom. The first-order valence-electron chi connectivity index (χ1n) is 5.94. The minimum Gasteiger partial charge on any atom is -0.375 e. The zero-order valence-electron chi connectivity index (χ0n) is 10.8. The van der Waals surface area contributed by atoms with Gasteiger partial charge in [-0.1, -0.05) is 0 Å². The average Bonchev–Trinajstić information content (AvgIpc) is 2.87. The van der Waals surface area contributed by atoms with Crippen molar-refractivity contribution in [3.63, 3.8) is 0 Å².